The minimum atomic E-state index is 0.587. The van der Waals surface area contributed by atoms with Gasteiger partial charge in [0.1, 0.15) is 0 Å². The lowest BCUT2D eigenvalue weighted by Gasteiger charge is -2.35. The minimum absolute atomic E-state index is 0.587. The van der Waals surface area contributed by atoms with Crippen molar-refractivity contribution in [3.8, 4) is 0 Å². The molecule has 1 saturated heterocycles. The first-order chi connectivity index (χ1) is 9.20. The van der Waals surface area contributed by atoms with Gasteiger partial charge >= 0.3 is 0 Å². The number of nitrogens with one attached hydrogen (secondary N) is 1. The zero-order valence-corrected chi connectivity index (χ0v) is 13.7. The van der Waals surface area contributed by atoms with E-state index in [1.54, 1.807) is 0 Å². The summed E-state index contributed by atoms with van der Waals surface area (Å²) in [5, 5.41) is 3.74. The summed E-state index contributed by atoms with van der Waals surface area (Å²) in [7, 11) is 0. The number of nitrogens with zero attached hydrogens (tertiary/aromatic N) is 1. The molecule has 0 aromatic carbocycles. The summed E-state index contributed by atoms with van der Waals surface area (Å²) >= 11 is 2.14. The monoisotopic (exact) mass is 284 g/mol. The first-order valence-corrected chi connectivity index (χ1v) is 9.37. The largest absolute Gasteiger partial charge is 0.316 e. The van der Waals surface area contributed by atoms with E-state index in [4.69, 9.17) is 0 Å². The van der Waals surface area contributed by atoms with E-state index >= 15 is 0 Å². The lowest BCUT2D eigenvalue weighted by atomic mass is 9.85. The van der Waals surface area contributed by atoms with Gasteiger partial charge in [0.05, 0.1) is 0 Å². The molecule has 1 aliphatic carbocycles. The van der Waals surface area contributed by atoms with Crippen LogP contribution >= 0.6 is 11.8 Å². The van der Waals surface area contributed by atoms with Gasteiger partial charge in [-0.3, -0.25) is 0 Å². The summed E-state index contributed by atoms with van der Waals surface area (Å²) in [6.45, 7) is 11.0. The van der Waals surface area contributed by atoms with E-state index in [0.717, 1.165) is 5.92 Å². The molecule has 0 aromatic heterocycles. The molecule has 2 aliphatic rings. The SMILES string of the molecule is CC(C)CNCC1(CN2CCCSCC2)CCCC1. The van der Waals surface area contributed by atoms with Crippen molar-refractivity contribution in [1.82, 2.24) is 10.2 Å². The van der Waals surface area contributed by atoms with Crippen LogP contribution in [0.1, 0.15) is 46.0 Å². The first kappa shape index (κ1) is 15.7. The average molecular weight is 285 g/mol. The predicted octanol–water partition coefficient (Wildman–Crippen LogP) is 3.23. The van der Waals surface area contributed by atoms with Crippen LogP contribution in [0.15, 0.2) is 0 Å². The van der Waals surface area contributed by atoms with Gasteiger partial charge in [0.2, 0.25) is 0 Å². The van der Waals surface area contributed by atoms with Crippen LogP contribution in [0, 0.1) is 11.3 Å². The molecule has 2 nitrogen and oxygen atoms in total. The third-order valence-electron chi connectivity index (χ3n) is 4.59. The van der Waals surface area contributed by atoms with E-state index < -0.39 is 0 Å². The van der Waals surface area contributed by atoms with Crippen LogP contribution in [-0.4, -0.2) is 49.1 Å². The summed E-state index contributed by atoms with van der Waals surface area (Å²) in [5.74, 6) is 3.48. The molecule has 0 spiro atoms. The van der Waals surface area contributed by atoms with Gasteiger partial charge in [-0.05, 0) is 49.4 Å². The summed E-state index contributed by atoms with van der Waals surface area (Å²) < 4.78 is 0. The van der Waals surface area contributed by atoms with Crippen LogP contribution in [0.3, 0.4) is 0 Å². The molecule has 2 fully saturated rings. The maximum absolute atomic E-state index is 3.74. The molecule has 1 aliphatic heterocycles. The zero-order chi connectivity index (χ0) is 13.6. The standard InChI is InChI=1S/C16H32N2S/c1-15(2)12-17-13-16(6-3-4-7-16)14-18-8-5-10-19-11-9-18/h15,17H,3-14H2,1-2H3. The maximum Gasteiger partial charge on any atom is 0.00726 e. The van der Waals surface area contributed by atoms with E-state index in [9.17, 15) is 0 Å². The van der Waals surface area contributed by atoms with Crippen molar-refractivity contribution < 1.29 is 0 Å². The van der Waals surface area contributed by atoms with E-state index in [1.165, 1.54) is 76.3 Å². The molecule has 1 saturated carbocycles. The fraction of sp³-hybridized carbons (Fsp3) is 1.00. The summed E-state index contributed by atoms with van der Waals surface area (Å²) in [6.07, 6.45) is 7.18. The Kier molecular flexibility index (Phi) is 6.51. The second kappa shape index (κ2) is 7.90. The normalized spacial score (nSPS) is 24.8. The smallest absolute Gasteiger partial charge is 0.00726 e. The van der Waals surface area contributed by atoms with Gasteiger partial charge in [0.25, 0.3) is 0 Å². The average Bonchev–Trinajstić information content (AvgIpc) is 2.66. The lowest BCUT2D eigenvalue weighted by Crippen LogP contribution is -2.44. The molecule has 1 heterocycles. The van der Waals surface area contributed by atoms with Gasteiger partial charge < -0.3 is 10.2 Å². The predicted molar refractivity (Wildman–Crippen MR) is 87.0 cm³/mol. The van der Waals surface area contributed by atoms with Gasteiger partial charge in [-0.25, -0.2) is 0 Å². The topological polar surface area (TPSA) is 15.3 Å². The summed E-state index contributed by atoms with van der Waals surface area (Å²) in [6, 6.07) is 0. The molecule has 19 heavy (non-hydrogen) atoms. The molecular weight excluding hydrogens is 252 g/mol. The highest BCUT2D eigenvalue weighted by Gasteiger charge is 2.35. The molecule has 0 radical (unpaired) electrons. The molecule has 3 heteroatoms. The van der Waals surface area contributed by atoms with Crippen molar-refractivity contribution in [3.63, 3.8) is 0 Å². The van der Waals surface area contributed by atoms with Crippen molar-refractivity contribution >= 4 is 11.8 Å². The molecular formula is C16H32N2S. The third kappa shape index (κ3) is 5.28. The fourth-order valence-electron chi connectivity index (χ4n) is 3.57. The Morgan fingerprint density at radius 3 is 2.63 bits per heavy atom. The Balaban J connectivity index is 1.83. The van der Waals surface area contributed by atoms with Crippen molar-refractivity contribution in [2.45, 2.75) is 46.0 Å². The maximum atomic E-state index is 3.74. The van der Waals surface area contributed by atoms with E-state index in [0.29, 0.717) is 5.41 Å². The van der Waals surface area contributed by atoms with Crippen LogP contribution in [0.4, 0.5) is 0 Å². The highest BCUT2D eigenvalue weighted by atomic mass is 32.2. The van der Waals surface area contributed by atoms with E-state index in [-0.39, 0.29) is 0 Å². The Labute approximate surface area is 124 Å². The van der Waals surface area contributed by atoms with Gasteiger partial charge in [-0.1, -0.05) is 26.7 Å². The van der Waals surface area contributed by atoms with E-state index in [1.807, 2.05) is 0 Å². The lowest BCUT2D eigenvalue weighted by molar-refractivity contribution is 0.155. The van der Waals surface area contributed by atoms with Gasteiger partial charge in [-0.2, -0.15) is 11.8 Å². The Bertz CT molecular complexity index is 241. The van der Waals surface area contributed by atoms with Crippen molar-refractivity contribution in [3.05, 3.63) is 0 Å². The number of thioether (sulfide) groups is 1. The molecule has 0 unspecified atom stereocenters. The van der Waals surface area contributed by atoms with Crippen LogP contribution in [-0.2, 0) is 0 Å². The molecule has 1 N–H and O–H groups in total. The highest BCUT2D eigenvalue weighted by Crippen LogP contribution is 2.38. The van der Waals surface area contributed by atoms with Crippen molar-refractivity contribution in [2.24, 2.45) is 11.3 Å². The molecule has 0 amide bonds. The van der Waals surface area contributed by atoms with Crippen LogP contribution < -0.4 is 5.32 Å². The number of hydrogen-bond acceptors (Lipinski definition) is 3. The zero-order valence-electron chi connectivity index (χ0n) is 12.9. The van der Waals surface area contributed by atoms with E-state index in [2.05, 4.69) is 35.8 Å². The highest BCUT2D eigenvalue weighted by molar-refractivity contribution is 7.99. The van der Waals surface area contributed by atoms with Crippen LogP contribution in [0.2, 0.25) is 0 Å². The molecule has 0 bridgehead atoms. The number of rotatable bonds is 6. The summed E-state index contributed by atoms with van der Waals surface area (Å²) in [4.78, 5) is 2.75. The fourth-order valence-corrected chi connectivity index (χ4v) is 4.50. The summed E-state index contributed by atoms with van der Waals surface area (Å²) in [5.41, 5.74) is 0.587. The van der Waals surface area contributed by atoms with Crippen LogP contribution in [0.5, 0.6) is 0 Å². The van der Waals surface area contributed by atoms with Gasteiger partial charge in [0.15, 0.2) is 0 Å². The quantitative estimate of drug-likeness (QED) is 0.806. The van der Waals surface area contributed by atoms with Gasteiger partial charge in [0, 0.05) is 25.4 Å². The molecule has 0 aromatic rings. The molecule has 0 atom stereocenters. The Hall–Kier alpha value is 0.270. The van der Waals surface area contributed by atoms with Crippen molar-refractivity contribution in [1.29, 1.82) is 0 Å². The molecule has 2 rings (SSSR count). The second-order valence-corrected chi connectivity index (χ2v) is 8.20. The third-order valence-corrected chi connectivity index (χ3v) is 5.64. The second-order valence-electron chi connectivity index (χ2n) is 6.97. The first-order valence-electron chi connectivity index (χ1n) is 8.21. The molecule has 112 valence electrons. The van der Waals surface area contributed by atoms with Gasteiger partial charge in [-0.15, -0.1) is 0 Å². The van der Waals surface area contributed by atoms with Crippen LogP contribution in [0.25, 0.3) is 0 Å². The Morgan fingerprint density at radius 2 is 1.89 bits per heavy atom. The Morgan fingerprint density at radius 1 is 1.11 bits per heavy atom. The number of hydrogen-bond donors (Lipinski definition) is 1. The van der Waals surface area contributed by atoms with Crippen molar-refractivity contribution in [2.75, 3.05) is 44.2 Å². The minimum Gasteiger partial charge on any atom is -0.316 e.